The first-order chi connectivity index (χ1) is 15.5. The molecule has 8 heteroatoms. The highest BCUT2D eigenvalue weighted by molar-refractivity contribution is 5.84. The number of likely N-dealkylation sites (tertiary alicyclic amines) is 1. The zero-order valence-electron chi connectivity index (χ0n) is 18.1. The summed E-state index contributed by atoms with van der Waals surface area (Å²) in [5.41, 5.74) is 2.18. The number of pyridine rings is 1. The SMILES string of the molecule is Cc1cc(N2C[C@H]3O[C@@]4(CN(Cc5ccc6cccc(O)c6n5)C[C@@H]4[C@@H]3CO)C2)ncn1. The van der Waals surface area contributed by atoms with Gasteiger partial charge in [-0.2, -0.15) is 0 Å². The van der Waals surface area contributed by atoms with E-state index in [1.807, 2.05) is 37.3 Å². The molecule has 3 aromatic rings. The highest BCUT2D eigenvalue weighted by atomic mass is 16.5. The van der Waals surface area contributed by atoms with Gasteiger partial charge in [-0.25, -0.2) is 15.0 Å². The fraction of sp³-hybridized carbons (Fsp3) is 0.458. The normalized spacial score (nSPS) is 29.6. The second-order valence-electron chi connectivity index (χ2n) is 9.39. The number of nitrogens with zero attached hydrogens (tertiary/aromatic N) is 5. The van der Waals surface area contributed by atoms with E-state index in [1.165, 1.54) is 0 Å². The van der Waals surface area contributed by atoms with Gasteiger partial charge in [-0.15, -0.1) is 0 Å². The smallest absolute Gasteiger partial charge is 0.141 e. The van der Waals surface area contributed by atoms with Crippen molar-refractivity contribution in [3.63, 3.8) is 0 Å². The van der Waals surface area contributed by atoms with E-state index in [9.17, 15) is 10.2 Å². The van der Waals surface area contributed by atoms with Crippen LogP contribution in [0, 0.1) is 18.8 Å². The van der Waals surface area contributed by atoms with E-state index in [0.717, 1.165) is 48.8 Å². The summed E-state index contributed by atoms with van der Waals surface area (Å²) >= 11 is 0. The van der Waals surface area contributed by atoms with Crippen molar-refractivity contribution in [2.75, 3.05) is 37.7 Å². The van der Waals surface area contributed by atoms with E-state index < -0.39 is 0 Å². The van der Waals surface area contributed by atoms with Gasteiger partial charge in [-0.1, -0.05) is 18.2 Å². The average Bonchev–Trinajstić information content (AvgIpc) is 3.20. The Labute approximate surface area is 186 Å². The summed E-state index contributed by atoms with van der Waals surface area (Å²) in [6.45, 7) is 5.92. The van der Waals surface area contributed by atoms with Gasteiger partial charge in [0.1, 0.15) is 29.0 Å². The van der Waals surface area contributed by atoms with Crippen LogP contribution in [0.5, 0.6) is 5.75 Å². The molecule has 5 heterocycles. The predicted octanol–water partition coefficient (Wildman–Crippen LogP) is 1.74. The number of hydrogen-bond acceptors (Lipinski definition) is 8. The lowest BCUT2D eigenvalue weighted by molar-refractivity contribution is -0.0648. The van der Waals surface area contributed by atoms with E-state index in [-0.39, 0.29) is 35.9 Å². The molecule has 3 fully saturated rings. The molecule has 8 nitrogen and oxygen atoms in total. The Bertz CT molecular complexity index is 1170. The molecule has 0 unspecified atom stereocenters. The zero-order chi connectivity index (χ0) is 21.9. The van der Waals surface area contributed by atoms with Crippen LogP contribution in [0.15, 0.2) is 42.7 Å². The zero-order valence-corrected chi connectivity index (χ0v) is 18.1. The number of ether oxygens (including phenoxy) is 1. The van der Waals surface area contributed by atoms with Gasteiger partial charge in [-0.05, 0) is 19.1 Å². The van der Waals surface area contributed by atoms with Crippen molar-refractivity contribution in [3.05, 3.63) is 54.1 Å². The van der Waals surface area contributed by atoms with Gasteiger partial charge in [0.05, 0.1) is 18.3 Å². The molecule has 4 atom stereocenters. The van der Waals surface area contributed by atoms with Crippen molar-refractivity contribution in [2.45, 2.75) is 25.2 Å². The average molecular weight is 434 g/mol. The van der Waals surface area contributed by atoms with Crippen molar-refractivity contribution >= 4 is 16.7 Å². The first kappa shape index (κ1) is 19.8. The number of phenols is 1. The summed E-state index contributed by atoms with van der Waals surface area (Å²) < 4.78 is 6.60. The number of morpholine rings is 1. The van der Waals surface area contributed by atoms with E-state index in [2.05, 4.69) is 19.8 Å². The summed E-state index contributed by atoms with van der Waals surface area (Å²) in [5.74, 6) is 1.50. The third-order valence-electron chi connectivity index (χ3n) is 7.33. The lowest BCUT2D eigenvalue weighted by atomic mass is 9.83. The number of benzene rings is 1. The van der Waals surface area contributed by atoms with E-state index in [1.54, 1.807) is 12.4 Å². The highest BCUT2D eigenvalue weighted by Gasteiger charge is 2.62. The maximum atomic E-state index is 10.2. The third kappa shape index (κ3) is 3.13. The number of phenolic OH excluding ortho intramolecular Hbond substituents is 1. The van der Waals surface area contributed by atoms with Gasteiger partial charge >= 0.3 is 0 Å². The standard InChI is InChI=1S/C24H27N5O3/c1-15-7-22(26-14-25-15)29-10-21-18(11-30)19-9-28(12-24(19,13-29)32-21)8-17-6-5-16-3-2-4-20(31)23(16)27-17/h2-7,14,18-19,21,30-31H,8-13H2,1H3/t18-,19+,21+,24-/m0/s1. The van der Waals surface area contributed by atoms with Crippen molar-refractivity contribution in [2.24, 2.45) is 11.8 Å². The Kier molecular flexibility index (Phi) is 4.57. The molecule has 0 aliphatic carbocycles. The Hall–Kier alpha value is -2.81. The van der Waals surface area contributed by atoms with Crippen LogP contribution in [0.4, 0.5) is 5.82 Å². The minimum Gasteiger partial charge on any atom is -0.506 e. The van der Waals surface area contributed by atoms with Crippen LogP contribution in [-0.2, 0) is 11.3 Å². The van der Waals surface area contributed by atoms with Gasteiger partial charge < -0.3 is 19.8 Å². The van der Waals surface area contributed by atoms with Crippen LogP contribution >= 0.6 is 0 Å². The lowest BCUT2D eigenvalue weighted by Gasteiger charge is -2.41. The van der Waals surface area contributed by atoms with Crippen molar-refractivity contribution in [3.8, 4) is 5.75 Å². The maximum absolute atomic E-state index is 10.2. The molecule has 6 rings (SSSR count). The van der Waals surface area contributed by atoms with E-state index in [0.29, 0.717) is 12.1 Å². The Morgan fingerprint density at radius 2 is 2.06 bits per heavy atom. The Morgan fingerprint density at radius 1 is 1.16 bits per heavy atom. The summed E-state index contributed by atoms with van der Waals surface area (Å²) in [6, 6.07) is 11.5. The van der Waals surface area contributed by atoms with Crippen molar-refractivity contribution < 1.29 is 14.9 Å². The van der Waals surface area contributed by atoms with Crippen LogP contribution in [0.25, 0.3) is 10.9 Å². The number of aromatic hydroxyl groups is 1. The number of para-hydroxylation sites is 1. The van der Waals surface area contributed by atoms with Crippen LogP contribution in [0.1, 0.15) is 11.4 Å². The Morgan fingerprint density at radius 3 is 2.91 bits per heavy atom. The molecular formula is C24H27N5O3. The quantitative estimate of drug-likeness (QED) is 0.643. The molecule has 3 saturated heterocycles. The van der Waals surface area contributed by atoms with Crippen LogP contribution in [-0.4, -0.2) is 74.6 Å². The fourth-order valence-corrected chi connectivity index (χ4v) is 5.93. The number of fused-ring (bicyclic) bond motifs is 2. The van der Waals surface area contributed by atoms with E-state index >= 15 is 0 Å². The molecule has 0 radical (unpaired) electrons. The summed E-state index contributed by atoms with van der Waals surface area (Å²) in [7, 11) is 0. The predicted molar refractivity (Wildman–Crippen MR) is 119 cm³/mol. The van der Waals surface area contributed by atoms with Gasteiger partial charge in [0, 0.05) is 61.8 Å². The molecule has 3 aliphatic rings. The van der Waals surface area contributed by atoms with Crippen molar-refractivity contribution in [1.82, 2.24) is 19.9 Å². The second-order valence-corrected chi connectivity index (χ2v) is 9.39. The monoisotopic (exact) mass is 433 g/mol. The first-order valence-corrected chi connectivity index (χ1v) is 11.2. The van der Waals surface area contributed by atoms with Gasteiger partial charge in [-0.3, -0.25) is 4.90 Å². The van der Waals surface area contributed by atoms with E-state index in [4.69, 9.17) is 9.72 Å². The molecular weight excluding hydrogens is 406 g/mol. The molecule has 32 heavy (non-hydrogen) atoms. The summed E-state index contributed by atoms with van der Waals surface area (Å²) in [6.07, 6.45) is 1.62. The van der Waals surface area contributed by atoms with Crippen LogP contribution in [0.2, 0.25) is 0 Å². The fourth-order valence-electron chi connectivity index (χ4n) is 5.93. The topological polar surface area (TPSA) is 94.8 Å². The molecule has 3 aliphatic heterocycles. The van der Waals surface area contributed by atoms with Gasteiger partial charge in [0.25, 0.3) is 0 Å². The molecule has 1 aromatic carbocycles. The molecule has 2 bridgehead atoms. The number of aliphatic hydroxyl groups is 1. The molecule has 2 N–H and O–H groups in total. The van der Waals surface area contributed by atoms with Gasteiger partial charge in [0.2, 0.25) is 0 Å². The molecule has 166 valence electrons. The van der Waals surface area contributed by atoms with Gasteiger partial charge in [0.15, 0.2) is 0 Å². The van der Waals surface area contributed by atoms with Crippen LogP contribution < -0.4 is 4.90 Å². The highest BCUT2D eigenvalue weighted by Crippen LogP contribution is 2.49. The molecule has 0 saturated carbocycles. The largest absolute Gasteiger partial charge is 0.506 e. The maximum Gasteiger partial charge on any atom is 0.141 e. The third-order valence-corrected chi connectivity index (χ3v) is 7.33. The summed E-state index contributed by atoms with van der Waals surface area (Å²) in [4.78, 5) is 18.1. The van der Waals surface area contributed by atoms with Crippen molar-refractivity contribution in [1.29, 1.82) is 0 Å². The van der Waals surface area contributed by atoms with Crippen LogP contribution in [0.3, 0.4) is 0 Å². The number of aromatic nitrogens is 3. The molecule has 1 spiro atoms. The Balaban J connectivity index is 1.26. The number of anilines is 1. The molecule has 0 amide bonds. The second kappa shape index (κ2) is 7.37. The number of rotatable bonds is 4. The number of hydrogen-bond donors (Lipinski definition) is 2. The minimum atomic E-state index is -0.325. The molecule has 2 aromatic heterocycles. The number of aliphatic hydroxyl groups excluding tert-OH is 1. The first-order valence-electron chi connectivity index (χ1n) is 11.2. The lowest BCUT2D eigenvalue weighted by Crippen LogP contribution is -2.54. The summed E-state index contributed by atoms with van der Waals surface area (Å²) in [5, 5.41) is 21.3. The number of aryl methyl sites for hydroxylation is 1. The minimum absolute atomic E-state index is 0.00640.